The second-order valence-electron chi connectivity index (χ2n) is 7.20. The van der Waals surface area contributed by atoms with Crippen LogP contribution in [0.4, 0.5) is 5.69 Å². The number of aryl methyl sites for hydroxylation is 1. The minimum Gasteiger partial charge on any atom is -0.298 e. The minimum atomic E-state index is -0.180. The van der Waals surface area contributed by atoms with Gasteiger partial charge in [0.05, 0.1) is 17.5 Å². The van der Waals surface area contributed by atoms with Gasteiger partial charge in [0.15, 0.2) is 11.0 Å². The highest BCUT2D eigenvalue weighted by atomic mass is 35.5. The number of carbonyl (C=O) groups is 1. The van der Waals surface area contributed by atoms with Gasteiger partial charge in [0.2, 0.25) is 5.91 Å². The summed E-state index contributed by atoms with van der Waals surface area (Å²) in [5, 5.41) is 19.3. The van der Waals surface area contributed by atoms with E-state index in [1.807, 2.05) is 90.4 Å². The average Bonchev–Trinajstić information content (AvgIpc) is 3.26. The van der Waals surface area contributed by atoms with Crippen molar-refractivity contribution < 1.29 is 4.79 Å². The zero-order valence-corrected chi connectivity index (χ0v) is 19.4. The number of hydrogen-bond acceptors (Lipinski definition) is 5. The molecular formula is C25H20ClN5OS. The van der Waals surface area contributed by atoms with Crippen molar-refractivity contribution in [1.29, 1.82) is 5.26 Å². The number of benzene rings is 3. The van der Waals surface area contributed by atoms with Gasteiger partial charge in [0.1, 0.15) is 6.54 Å². The molecule has 0 aliphatic rings. The maximum absolute atomic E-state index is 13.0. The summed E-state index contributed by atoms with van der Waals surface area (Å²) in [7, 11) is 0. The Balaban J connectivity index is 1.67. The van der Waals surface area contributed by atoms with E-state index in [0.717, 1.165) is 16.8 Å². The maximum atomic E-state index is 13.0. The van der Waals surface area contributed by atoms with Crippen LogP contribution in [-0.4, -0.2) is 33.0 Å². The first kappa shape index (κ1) is 22.6. The Bertz CT molecular complexity index is 1300. The number of amides is 1. The van der Waals surface area contributed by atoms with E-state index in [0.29, 0.717) is 21.7 Å². The van der Waals surface area contributed by atoms with Crippen LogP contribution in [0.1, 0.15) is 5.56 Å². The van der Waals surface area contributed by atoms with Gasteiger partial charge in [-0.1, -0.05) is 59.8 Å². The Kier molecular flexibility index (Phi) is 7.08. The van der Waals surface area contributed by atoms with Gasteiger partial charge in [-0.3, -0.25) is 14.3 Å². The van der Waals surface area contributed by atoms with E-state index in [2.05, 4.69) is 16.3 Å². The third-order valence-corrected chi connectivity index (χ3v) is 6.18. The number of rotatable bonds is 7. The Hall–Kier alpha value is -3.60. The van der Waals surface area contributed by atoms with Crippen LogP contribution in [0.5, 0.6) is 0 Å². The van der Waals surface area contributed by atoms with Crippen molar-refractivity contribution in [3.63, 3.8) is 0 Å². The maximum Gasteiger partial charge on any atom is 0.238 e. The van der Waals surface area contributed by atoms with Crippen LogP contribution in [0.25, 0.3) is 17.1 Å². The van der Waals surface area contributed by atoms with Crippen LogP contribution in [0.15, 0.2) is 84.0 Å². The summed E-state index contributed by atoms with van der Waals surface area (Å²) in [5.41, 5.74) is 3.53. The summed E-state index contributed by atoms with van der Waals surface area (Å²) in [4.78, 5) is 14.5. The molecule has 0 spiro atoms. The van der Waals surface area contributed by atoms with Crippen LogP contribution < -0.4 is 4.90 Å². The number of para-hydroxylation sites is 2. The van der Waals surface area contributed by atoms with Crippen molar-refractivity contribution in [3.05, 3.63) is 89.4 Å². The highest BCUT2D eigenvalue weighted by Crippen LogP contribution is 2.30. The second-order valence-corrected chi connectivity index (χ2v) is 8.58. The number of aromatic nitrogens is 3. The molecule has 4 aromatic rings. The van der Waals surface area contributed by atoms with E-state index < -0.39 is 0 Å². The summed E-state index contributed by atoms with van der Waals surface area (Å²) in [6.45, 7) is 1.99. The summed E-state index contributed by atoms with van der Waals surface area (Å²) in [6.07, 6.45) is 0. The van der Waals surface area contributed by atoms with Crippen LogP contribution >= 0.6 is 23.4 Å². The molecule has 3 aromatic carbocycles. The number of anilines is 1. The van der Waals surface area contributed by atoms with Crippen molar-refractivity contribution in [2.75, 3.05) is 17.2 Å². The van der Waals surface area contributed by atoms with Crippen molar-refractivity contribution in [3.8, 4) is 23.1 Å². The molecule has 0 unspecified atom stereocenters. The summed E-state index contributed by atoms with van der Waals surface area (Å²) >= 11 is 7.35. The third-order valence-electron chi connectivity index (χ3n) is 5.01. The van der Waals surface area contributed by atoms with Gasteiger partial charge in [-0.2, -0.15) is 5.26 Å². The fourth-order valence-electron chi connectivity index (χ4n) is 3.39. The van der Waals surface area contributed by atoms with Gasteiger partial charge in [-0.25, -0.2) is 0 Å². The molecule has 0 bridgehead atoms. The zero-order chi connectivity index (χ0) is 23.2. The number of hydrogen-bond donors (Lipinski definition) is 0. The van der Waals surface area contributed by atoms with Gasteiger partial charge in [-0.15, -0.1) is 10.2 Å². The lowest BCUT2D eigenvalue weighted by Crippen LogP contribution is -2.32. The Morgan fingerprint density at radius 3 is 2.42 bits per heavy atom. The Morgan fingerprint density at radius 2 is 1.73 bits per heavy atom. The molecule has 164 valence electrons. The molecule has 1 aromatic heterocycles. The third kappa shape index (κ3) is 5.08. The zero-order valence-electron chi connectivity index (χ0n) is 17.9. The number of thioether (sulfide) groups is 1. The fraction of sp³-hybridized carbons (Fsp3) is 0.120. The summed E-state index contributed by atoms with van der Waals surface area (Å²) in [6, 6.07) is 26.6. The molecule has 8 heteroatoms. The normalized spacial score (nSPS) is 10.6. The van der Waals surface area contributed by atoms with E-state index in [4.69, 9.17) is 11.6 Å². The molecular weight excluding hydrogens is 454 g/mol. The molecule has 0 radical (unpaired) electrons. The summed E-state index contributed by atoms with van der Waals surface area (Å²) in [5.74, 6) is 0.592. The van der Waals surface area contributed by atoms with Gasteiger partial charge in [0, 0.05) is 16.3 Å². The SMILES string of the molecule is Cc1ccccc1-n1c(SCC(=O)N(CC#N)c2ccccc2)nnc1-c1ccc(Cl)cc1. The van der Waals surface area contributed by atoms with Crippen molar-refractivity contribution in [2.24, 2.45) is 0 Å². The van der Waals surface area contributed by atoms with Crippen molar-refractivity contribution in [1.82, 2.24) is 14.8 Å². The molecule has 33 heavy (non-hydrogen) atoms. The van der Waals surface area contributed by atoms with Gasteiger partial charge >= 0.3 is 0 Å². The monoisotopic (exact) mass is 473 g/mol. The Labute approximate surface area is 201 Å². The van der Waals surface area contributed by atoms with E-state index in [1.165, 1.54) is 16.7 Å². The molecule has 6 nitrogen and oxygen atoms in total. The lowest BCUT2D eigenvalue weighted by atomic mass is 10.1. The molecule has 1 heterocycles. The van der Waals surface area contributed by atoms with Crippen molar-refractivity contribution in [2.45, 2.75) is 12.1 Å². The summed E-state index contributed by atoms with van der Waals surface area (Å²) < 4.78 is 1.95. The second kappa shape index (κ2) is 10.3. The molecule has 0 saturated carbocycles. The van der Waals surface area contributed by atoms with Gasteiger partial charge in [0.25, 0.3) is 0 Å². The molecule has 0 saturated heterocycles. The number of carbonyl (C=O) groups excluding carboxylic acids is 1. The smallest absolute Gasteiger partial charge is 0.238 e. The van der Waals surface area contributed by atoms with E-state index in [9.17, 15) is 10.1 Å². The van der Waals surface area contributed by atoms with Gasteiger partial charge in [-0.05, 0) is 55.0 Å². The van der Waals surface area contributed by atoms with Gasteiger partial charge < -0.3 is 0 Å². The lowest BCUT2D eigenvalue weighted by Gasteiger charge is -2.19. The predicted octanol–water partition coefficient (Wildman–Crippen LogP) is 5.55. The van der Waals surface area contributed by atoms with Crippen LogP contribution in [0, 0.1) is 18.3 Å². The molecule has 0 atom stereocenters. The van der Waals surface area contributed by atoms with Crippen LogP contribution in [0.3, 0.4) is 0 Å². The number of nitriles is 1. The van der Waals surface area contributed by atoms with E-state index in [-0.39, 0.29) is 18.2 Å². The topological polar surface area (TPSA) is 74.8 Å². The van der Waals surface area contributed by atoms with Crippen LogP contribution in [-0.2, 0) is 4.79 Å². The minimum absolute atomic E-state index is 0.0239. The first-order chi connectivity index (χ1) is 16.1. The van der Waals surface area contributed by atoms with Crippen LogP contribution in [0.2, 0.25) is 5.02 Å². The first-order valence-electron chi connectivity index (χ1n) is 10.2. The quantitative estimate of drug-likeness (QED) is 0.260. The molecule has 1 amide bonds. The average molecular weight is 474 g/mol. The molecule has 0 fully saturated rings. The largest absolute Gasteiger partial charge is 0.298 e. The molecule has 0 aliphatic heterocycles. The predicted molar refractivity (Wildman–Crippen MR) is 132 cm³/mol. The lowest BCUT2D eigenvalue weighted by molar-refractivity contribution is -0.116. The Morgan fingerprint density at radius 1 is 1.03 bits per heavy atom. The standard InChI is InChI=1S/C25H20ClN5OS/c1-18-7-5-6-10-22(18)31-24(19-11-13-20(26)14-12-19)28-29-25(31)33-17-23(32)30(16-15-27)21-8-3-2-4-9-21/h2-14H,16-17H2,1H3. The van der Waals surface area contributed by atoms with E-state index >= 15 is 0 Å². The number of halogens is 1. The highest BCUT2D eigenvalue weighted by Gasteiger charge is 2.21. The fourth-order valence-corrected chi connectivity index (χ4v) is 4.33. The van der Waals surface area contributed by atoms with Crippen molar-refractivity contribution >= 4 is 35.0 Å². The molecule has 0 aliphatic carbocycles. The highest BCUT2D eigenvalue weighted by molar-refractivity contribution is 7.99. The van der Waals surface area contributed by atoms with E-state index in [1.54, 1.807) is 0 Å². The molecule has 0 N–H and O–H groups in total. The number of nitrogens with zero attached hydrogens (tertiary/aromatic N) is 5. The molecule has 4 rings (SSSR count). The first-order valence-corrected chi connectivity index (χ1v) is 11.6.